The minimum absolute atomic E-state index is 0. The van der Waals surface area contributed by atoms with Crippen LogP contribution in [0.3, 0.4) is 0 Å². The summed E-state index contributed by atoms with van der Waals surface area (Å²) in [5, 5.41) is 47.4. The van der Waals surface area contributed by atoms with Crippen molar-refractivity contribution in [2.45, 2.75) is 136 Å². The van der Waals surface area contributed by atoms with Gasteiger partial charge in [-0.05, 0) is 17.0 Å². The third-order valence-electron chi connectivity index (χ3n) is 10.4. The summed E-state index contributed by atoms with van der Waals surface area (Å²) < 4.78 is 54.6. The standard InChI is InChI=1S/C22H28O5.C13H22O6.C7H14O6.2CH4/c1-16-19(23)15-27-22(24-2)21(26-14-18-11-7-4-8-12-18)20(16)25-13-17-9-5-3-6-10-17;1-7-6-17-13(16-5)12(19-10(4)15)11(8(7)2)18-9(3)14;1-12-7-6(11)5(10)4(9)3(8)2-13-7;;/h3-12,16,19-23H,13-15H2,1-2H3;7-8,11-13H,6H2,1-5H3;3-11H,2H2,1H3;2*1H4/t16-,19-,20+,21+,22+;7-,8-,11+,12+,13+;3-,4-,5+,6+,7+;;/m111../s1. The summed E-state index contributed by atoms with van der Waals surface area (Å²) in [5.41, 5.74) is 2.13. The third kappa shape index (κ3) is 17.2. The number of benzene rings is 2. The summed E-state index contributed by atoms with van der Waals surface area (Å²) in [6, 6.07) is 19.9. The Hall–Kier alpha value is -3.14. The van der Waals surface area contributed by atoms with Crippen molar-refractivity contribution < 1.29 is 82.5 Å². The van der Waals surface area contributed by atoms with Crippen molar-refractivity contribution >= 4 is 11.9 Å². The fourth-order valence-electron chi connectivity index (χ4n) is 6.61. The first-order valence-electron chi connectivity index (χ1n) is 19.6. The number of rotatable bonds is 11. The maximum atomic E-state index is 11.3. The minimum atomic E-state index is -1.47. The second-order valence-electron chi connectivity index (χ2n) is 14.8. The number of carbonyl (C=O) groups excluding carboxylic acids is 2. The van der Waals surface area contributed by atoms with Gasteiger partial charge in [0, 0.05) is 47.0 Å². The Morgan fingerprint density at radius 3 is 1.46 bits per heavy atom. The number of hydrogen-bond acceptors (Lipinski definition) is 17. The normalized spacial score (nSPS) is 33.8. The van der Waals surface area contributed by atoms with Gasteiger partial charge in [0.2, 0.25) is 0 Å². The van der Waals surface area contributed by atoms with Gasteiger partial charge in [-0.1, -0.05) is 96.3 Å². The molecule has 0 unspecified atom stereocenters. The van der Waals surface area contributed by atoms with E-state index < -0.39 is 79.6 Å². The van der Waals surface area contributed by atoms with Crippen LogP contribution in [-0.2, 0) is 70.2 Å². The molecule has 0 saturated carbocycles. The molecule has 61 heavy (non-hydrogen) atoms. The number of carbonyl (C=O) groups is 2. The van der Waals surface area contributed by atoms with E-state index >= 15 is 0 Å². The van der Waals surface area contributed by atoms with E-state index in [1.807, 2.05) is 81.4 Å². The van der Waals surface area contributed by atoms with Crippen LogP contribution in [0.25, 0.3) is 0 Å². The van der Waals surface area contributed by atoms with E-state index in [-0.39, 0.29) is 51.9 Å². The molecule has 17 heteroatoms. The van der Waals surface area contributed by atoms with Crippen LogP contribution in [0.4, 0.5) is 0 Å². The largest absolute Gasteiger partial charge is 0.458 e. The zero-order valence-corrected chi connectivity index (χ0v) is 35.1. The molecule has 0 spiro atoms. The second kappa shape index (κ2) is 28.5. The topological polar surface area (TPSA) is 228 Å². The van der Waals surface area contributed by atoms with Crippen molar-refractivity contribution in [3.05, 3.63) is 71.8 Å². The Balaban J connectivity index is 0.000000481. The summed E-state index contributed by atoms with van der Waals surface area (Å²) in [4.78, 5) is 22.5. The fraction of sp³-hybridized carbons (Fsp3) is 0.682. The summed E-state index contributed by atoms with van der Waals surface area (Å²) in [6.45, 7) is 9.83. The van der Waals surface area contributed by atoms with Crippen LogP contribution in [0.5, 0.6) is 0 Å². The summed E-state index contributed by atoms with van der Waals surface area (Å²) >= 11 is 0. The van der Waals surface area contributed by atoms with Crippen LogP contribution in [0, 0.1) is 17.8 Å². The first-order valence-corrected chi connectivity index (χ1v) is 19.6. The van der Waals surface area contributed by atoms with Crippen LogP contribution in [0.15, 0.2) is 60.7 Å². The molecule has 2 aromatic carbocycles. The molecule has 15 atom stereocenters. The number of hydrogen-bond donors (Lipinski definition) is 5. The molecule has 5 N–H and O–H groups in total. The zero-order valence-electron chi connectivity index (χ0n) is 35.1. The highest BCUT2D eigenvalue weighted by atomic mass is 16.7. The van der Waals surface area contributed by atoms with Gasteiger partial charge in [-0.2, -0.15) is 0 Å². The second-order valence-corrected chi connectivity index (χ2v) is 14.8. The number of methoxy groups -OCH3 is 3. The molecule has 3 saturated heterocycles. The lowest BCUT2D eigenvalue weighted by atomic mass is 9.89. The molecule has 3 aliphatic rings. The van der Waals surface area contributed by atoms with E-state index in [2.05, 4.69) is 0 Å². The molecule has 17 nitrogen and oxygen atoms in total. The van der Waals surface area contributed by atoms with Gasteiger partial charge in [0.25, 0.3) is 0 Å². The van der Waals surface area contributed by atoms with Crippen molar-refractivity contribution in [3.63, 3.8) is 0 Å². The number of aliphatic hydroxyl groups excluding tert-OH is 5. The van der Waals surface area contributed by atoms with Crippen molar-refractivity contribution in [2.75, 3.05) is 41.2 Å². The lowest BCUT2D eigenvalue weighted by molar-refractivity contribution is -0.222. The van der Waals surface area contributed by atoms with E-state index in [0.717, 1.165) is 11.1 Å². The van der Waals surface area contributed by atoms with Gasteiger partial charge in [-0.3, -0.25) is 9.59 Å². The van der Waals surface area contributed by atoms with E-state index in [9.17, 15) is 30.0 Å². The Morgan fingerprint density at radius 1 is 0.541 bits per heavy atom. The van der Waals surface area contributed by atoms with Gasteiger partial charge in [-0.25, -0.2) is 0 Å². The summed E-state index contributed by atoms with van der Waals surface area (Å²) in [7, 11) is 4.34. The maximum absolute atomic E-state index is 11.3. The van der Waals surface area contributed by atoms with Gasteiger partial charge >= 0.3 is 11.9 Å². The summed E-state index contributed by atoms with van der Waals surface area (Å²) in [5.74, 6) is -0.891. The molecule has 3 heterocycles. The van der Waals surface area contributed by atoms with E-state index in [0.29, 0.717) is 19.8 Å². The van der Waals surface area contributed by atoms with Crippen molar-refractivity contribution in [2.24, 2.45) is 17.8 Å². The maximum Gasteiger partial charge on any atom is 0.303 e. The van der Waals surface area contributed by atoms with Crippen LogP contribution in [-0.4, -0.2) is 152 Å². The predicted molar refractivity (Wildman–Crippen MR) is 222 cm³/mol. The third-order valence-corrected chi connectivity index (χ3v) is 10.4. The van der Waals surface area contributed by atoms with E-state index in [4.69, 9.17) is 52.5 Å². The smallest absolute Gasteiger partial charge is 0.303 e. The van der Waals surface area contributed by atoms with E-state index in [1.165, 1.54) is 28.1 Å². The van der Waals surface area contributed by atoms with Crippen LogP contribution in [0.2, 0.25) is 0 Å². The zero-order chi connectivity index (χ0) is 43.6. The highest BCUT2D eigenvalue weighted by molar-refractivity contribution is 5.67. The summed E-state index contributed by atoms with van der Waals surface area (Å²) in [6.07, 6.45) is -10.6. The molecule has 0 amide bonds. The Morgan fingerprint density at radius 2 is 0.967 bits per heavy atom. The Labute approximate surface area is 361 Å². The first kappa shape index (κ1) is 55.9. The van der Waals surface area contributed by atoms with Crippen molar-refractivity contribution in [3.8, 4) is 0 Å². The fourth-order valence-corrected chi connectivity index (χ4v) is 6.61. The van der Waals surface area contributed by atoms with Crippen LogP contribution < -0.4 is 0 Å². The minimum Gasteiger partial charge on any atom is -0.458 e. The lowest BCUT2D eigenvalue weighted by Gasteiger charge is -2.33. The van der Waals surface area contributed by atoms with Crippen LogP contribution >= 0.6 is 0 Å². The quantitative estimate of drug-likeness (QED) is 0.205. The lowest BCUT2D eigenvalue weighted by Crippen LogP contribution is -2.46. The Kier molecular flexibility index (Phi) is 26.1. The highest BCUT2D eigenvalue weighted by Gasteiger charge is 2.45. The molecular formula is C44H72O17. The molecule has 3 fully saturated rings. The molecule has 0 bridgehead atoms. The van der Waals surface area contributed by atoms with Crippen LogP contribution in [0.1, 0.15) is 60.6 Å². The monoisotopic (exact) mass is 872 g/mol. The number of aliphatic hydroxyl groups is 5. The average molecular weight is 873 g/mol. The van der Waals surface area contributed by atoms with Gasteiger partial charge in [-0.15, -0.1) is 0 Å². The predicted octanol–water partition coefficient (Wildman–Crippen LogP) is 2.99. The van der Waals surface area contributed by atoms with Gasteiger partial charge in [0.05, 0.1) is 45.2 Å². The first-order chi connectivity index (χ1) is 28.1. The molecule has 0 aromatic heterocycles. The SMILES string of the molecule is C.C.CO[C@H]1OC[C@@H](C)[C@@H](C)[C@H](OC(C)=O)[C@@H]1OC(C)=O.CO[C@H]1OC[C@@H](O)[C@@H](C)[C@H](OCc2ccccc2)[C@@H]1OCc1ccccc1.CO[C@H]1OC[C@@H](O)[C@@H](O)[C@H](O)[C@@H]1O. The Bertz CT molecular complexity index is 1410. The van der Waals surface area contributed by atoms with E-state index in [1.54, 1.807) is 7.11 Å². The van der Waals surface area contributed by atoms with Gasteiger partial charge in [0.1, 0.15) is 36.6 Å². The van der Waals surface area contributed by atoms with Gasteiger partial charge in [0.15, 0.2) is 25.0 Å². The molecule has 5 rings (SSSR count). The number of ether oxygens (including phenoxy) is 10. The van der Waals surface area contributed by atoms with Crippen molar-refractivity contribution in [1.29, 1.82) is 0 Å². The molecule has 0 radical (unpaired) electrons. The highest BCUT2D eigenvalue weighted by Crippen LogP contribution is 2.31. The molecule has 350 valence electrons. The molecule has 0 aliphatic carbocycles. The molecule has 2 aromatic rings. The van der Waals surface area contributed by atoms with Crippen molar-refractivity contribution in [1.82, 2.24) is 0 Å². The number of esters is 2. The molecular weight excluding hydrogens is 800 g/mol. The average Bonchev–Trinajstić information content (AvgIpc) is 3.46. The van der Waals surface area contributed by atoms with Gasteiger partial charge < -0.3 is 72.9 Å². The molecule has 3 aliphatic heterocycles.